The molecule has 1 amide bonds. The Labute approximate surface area is 202 Å². The Balaban J connectivity index is 1.56. The zero-order valence-corrected chi connectivity index (χ0v) is 20.3. The van der Waals surface area contributed by atoms with Crippen molar-refractivity contribution in [1.82, 2.24) is 4.72 Å². The van der Waals surface area contributed by atoms with Crippen molar-refractivity contribution in [3.63, 3.8) is 0 Å². The molecule has 0 heterocycles. The van der Waals surface area contributed by atoms with E-state index in [1.807, 2.05) is 36.4 Å². The maximum Gasteiger partial charge on any atom is 0.259 e. The quantitative estimate of drug-likeness (QED) is 0.320. The average molecular weight is 481 g/mol. The van der Waals surface area contributed by atoms with Gasteiger partial charge in [-0.3, -0.25) is 4.79 Å². The van der Waals surface area contributed by atoms with E-state index in [4.69, 9.17) is 4.74 Å². The van der Waals surface area contributed by atoms with Crippen molar-refractivity contribution in [3.05, 3.63) is 90.0 Å². The number of unbranched alkanes of at least 4 members (excludes halogenated alkanes) is 3. The summed E-state index contributed by atoms with van der Waals surface area (Å²) in [4.78, 5) is 13.0. The minimum Gasteiger partial charge on any atom is -0.493 e. The largest absolute Gasteiger partial charge is 0.493 e. The van der Waals surface area contributed by atoms with Crippen molar-refractivity contribution in [3.8, 4) is 5.75 Å². The van der Waals surface area contributed by atoms with Crippen LogP contribution in [0.3, 0.4) is 0 Å². The number of anilines is 1. The number of ether oxygens (including phenoxy) is 1. The SMILES string of the molecule is CCCCCCOc1ccccc1C(=O)Nc1ccc(S(=O)(=O)NCCc2ccccc2)cc1. The van der Waals surface area contributed by atoms with Crippen LogP contribution < -0.4 is 14.8 Å². The monoisotopic (exact) mass is 480 g/mol. The summed E-state index contributed by atoms with van der Waals surface area (Å²) in [5.74, 6) is 0.235. The Morgan fingerprint density at radius 1 is 0.853 bits per heavy atom. The summed E-state index contributed by atoms with van der Waals surface area (Å²) in [7, 11) is -3.63. The van der Waals surface area contributed by atoms with Crippen molar-refractivity contribution in [2.45, 2.75) is 43.9 Å². The maximum absolute atomic E-state index is 12.8. The van der Waals surface area contributed by atoms with E-state index in [-0.39, 0.29) is 10.8 Å². The average Bonchev–Trinajstić information content (AvgIpc) is 2.85. The lowest BCUT2D eigenvalue weighted by molar-refractivity contribution is 0.102. The van der Waals surface area contributed by atoms with Gasteiger partial charge in [0, 0.05) is 12.2 Å². The second kappa shape index (κ2) is 12.9. The first-order chi connectivity index (χ1) is 16.5. The van der Waals surface area contributed by atoms with E-state index in [0.717, 1.165) is 24.8 Å². The summed E-state index contributed by atoms with van der Waals surface area (Å²) < 4.78 is 33.6. The molecule has 7 heteroatoms. The number of benzene rings is 3. The number of hydrogen-bond acceptors (Lipinski definition) is 4. The zero-order chi connectivity index (χ0) is 24.2. The van der Waals surface area contributed by atoms with Gasteiger partial charge in [0.05, 0.1) is 17.1 Å². The number of carbonyl (C=O) groups excluding carboxylic acids is 1. The molecule has 3 rings (SSSR count). The molecule has 180 valence electrons. The first-order valence-corrected chi connectivity index (χ1v) is 13.1. The van der Waals surface area contributed by atoms with Crippen LogP contribution in [0.25, 0.3) is 0 Å². The van der Waals surface area contributed by atoms with Gasteiger partial charge in [0.15, 0.2) is 0 Å². The normalized spacial score (nSPS) is 11.2. The number of carbonyl (C=O) groups is 1. The van der Waals surface area contributed by atoms with Crippen LogP contribution in [0.2, 0.25) is 0 Å². The molecule has 34 heavy (non-hydrogen) atoms. The molecule has 0 radical (unpaired) electrons. The molecule has 0 aliphatic rings. The molecule has 3 aromatic carbocycles. The van der Waals surface area contributed by atoms with E-state index in [1.165, 1.54) is 18.6 Å². The van der Waals surface area contributed by atoms with Crippen LogP contribution in [0.1, 0.15) is 48.5 Å². The number of hydrogen-bond donors (Lipinski definition) is 2. The highest BCUT2D eigenvalue weighted by atomic mass is 32.2. The van der Waals surface area contributed by atoms with Crippen LogP contribution in [0, 0.1) is 0 Å². The minimum atomic E-state index is -3.63. The Morgan fingerprint density at radius 2 is 1.56 bits per heavy atom. The third-order valence-electron chi connectivity index (χ3n) is 5.36. The molecule has 0 fully saturated rings. The lowest BCUT2D eigenvalue weighted by Crippen LogP contribution is -2.26. The molecular weight excluding hydrogens is 448 g/mol. The Hall–Kier alpha value is -3.16. The molecule has 3 aromatic rings. The van der Waals surface area contributed by atoms with Gasteiger partial charge < -0.3 is 10.1 Å². The highest BCUT2D eigenvalue weighted by molar-refractivity contribution is 7.89. The van der Waals surface area contributed by atoms with Crippen LogP contribution in [0.5, 0.6) is 5.75 Å². The number of rotatable bonds is 13. The van der Waals surface area contributed by atoms with Gasteiger partial charge >= 0.3 is 0 Å². The van der Waals surface area contributed by atoms with Gasteiger partial charge in [0.1, 0.15) is 5.75 Å². The van der Waals surface area contributed by atoms with Gasteiger partial charge in [0.2, 0.25) is 10.0 Å². The summed E-state index contributed by atoms with van der Waals surface area (Å²) in [6, 6.07) is 22.9. The van der Waals surface area contributed by atoms with Gasteiger partial charge in [-0.05, 0) is 54.8 Å². The molecule has 0 bridgehead atoms. The Morgan fingerprint density at radius 3 is 2.29 bits per heavy atom. The Kier molecular flexibility index (Phi) is 9.67. The summed E-state index contributed by atoms with van der Waals surface area (Å²) in [6.07, 6.45) is 4.97. The summed E-state index contributed by atoms with van der Waals surface area (Å²) in [5.41, 5.74) is 2.01. The fourth-order valence-corrected chi connectivity index (χ4v) is 4.50. The second-order valence-corrected chi connectivity index (χ2v) is 9.78. The number of para-hydroxylation sites is 1. The molecular formula is C27H32N2O4S. The van der Waals surface area contributed by atoms with Gasteiger partial charge in [-0.15, -0.1) is 0 Å². The van der Waals surface area contributed by atoms with Gasteiger partial charge in [-0.1, -0.05) is 68.7 Å². The van der Waals surface area contributed by atoms with Crippen molar-refractivity contribution in [1.29, 1.82) is 0 Å². The molecule has 0 saturated carbocycles. The summed E-state index contributed by atoms with van der Waals surface area (Å²) >= 11 is 0. The highest BCUT2D eigenvalue weighted by Crippen LogP contribution is 2.21. The smallest absolute Gasteiger partial charge is 0.259 e. The number of nitrogens with one attached hydrogen (secondary N) is 2. The highest BCUT2D eigenvalue weighted by Gasteiger charge is 2.15. The summed E-state index contributed by atoms with van der Waals surface area (Å²) in [5, 5.41) is 2.82. The molecule has 0 aromatic heterocycles. The van der Waals surface area contributed by atoms with E-state index in [0.29, 0.717) is 36.6 Å². The number of sulfonamides is 1. The second-order valence-electron chi connectivity index (χ2n) is 8.02. The predicted molar refractivity (Wildman–Crippen MR) is 136 cm³/mol. The molecule has 6 nitrogen and oxygen atoms in total. The van der Waals surface area contributed by atoms with Crippen LogP contribution in [-0.2, 0) is 16.4 Å². The molecule has 2 N–H and O–H groups in total. The number of amides is 1. The van der Waals surface area contributed by atoms with Crippen LogP contribution >= 0.6 is 0 Å². The first-order valence-electron chi connectivity index (χ1n) is 11.7. The standard InChI is InChI=1S/C27H32N2O4S/c1-2-3-4-10-21-33-26-14-9-8-13-25(26)27(30)29-23-15-17-24(18-16-23)34(31,32)28-20-19-22-11-6-5-7-12-22/h5-9,11-18,28H,2-4,10,19-21H2,1H3,(H,29,30). The van der Waals surface area contributed by atoms with Crippen molar-refractivity contribution in [2.24, 2.45) is 0 Å². The third kappa shape index (κ3) is 7.71. The lowest BCUT2D eigenvalue weighted by atomic mass is 10.1. The Bertz CT molecular complexity index is 1150. The summed E-state index contributed by atoms with van der Waals surface area (Å²) in [6.45, 7) is 3.03. The minimum absolute atomic E-state index is 0.148. The first kappa shape index (κ1) is 25.5. The van der Waals surface area contributed by atoms with Crippen molar-refractivity contribution < 1.29 is 17.9 Å². The molecule has 0 aliphatic carbocycles. The molecule has 0 atom stereocenters. The van der Waals surface area contributed by atoms with Crippen LogP contribution in [0.4, 0.5) is 5.69 Å². The van der Waals surface area contributed by atoms with Gasteiger partial charge in [-0.25, -0.2) is 13.1 Å². The topological polar surface area (TPSA) is 84.5 Å². The van der Waals surface area contributed by atoms with Crippen LogP contribution in [-0.4, -0.2) is 27.5 Å². The maximum atomic E-state index is 12.8. The third-order valence-corrected chi connectivity index (χ3v) is 6.84. The zero-order valence-electron chi connectivity index (χ0n) is 19.5. The van der Waals surface area contributed by atoms with E-state index in [9.17, 15) is 13.2 Å². The van der Waals surface area contributed by atoms with E-state index in [2.05, 4.69) is 17.0 Å². The molecule has 0 aliphatic heterocycles. The van der Waals surface area contributed by atoms with Crippen molar-refractivity contribution in [2.75, 3.05) is 18.5 Å². The fraction of sp³-hybridized carbons (Fsp3) is 0.296. The fourth-order valence-electron chi connectivity index (χ4n) is 3.46. The molecule has 0 spiro atoms. The van der Waals surface area contributed by atoms with Crippen LogP contribution in [0.15, 0.2) is 83.8 Å². The lowest BCUT2D eigenvalue weighted by Gasteiger charge is -2.12. The van der Waals surface area contributed by atoms with E-state index >= 15 is 0 Å². The predicted octanol–water partition coefficient (Wildman–Crippen LogP) is 5.42. The van der Waals surface area contributed by atoms with Crippen molar-refractivity contribution >= 4 is 21.6 Å². The van der Waals surface area contributed by atoms with Gasteiger partial charge in [-0.2, -0.15) is 0 Å². The van der Waals surface area contributed by atoms with E-state index < -0.39 is 10.0 Å². The molecule has 0 unspecified atom stereocenters. The molecule has 0 saturated heterocycles. The van der Waals surface area contributed by atoms with E-state index in [1.54, 1.807) is 30.3 Å². The van der Waals surface area contributed by atoms with Gasteiger partial charge in [0.25, 0.3) is 5.91 Å².